The van der Waals surface area contributed by atoms with Crippen LogP contribution in [0.4, 0.5) is 0 Å². The number of rotatable bonds is 2. The van der Waals surface area contributed by atoms with E-state index in [1.165, 1.54) is 12.1 Å². The van der Waals surface area contributed by atoms with Gasteiger partial charge in [-0.3, -0.25) is 0 Å². The molecule has 0 bridgehead atoms. The Morgan fingerprint density at radius 1 is 1.29 bits per heavy atom. The minimum absolute atomic E-state index is 0.154. The van der Waals surface area contributed by atoms with Gasteiger partial charge in [-0.1, -0.05) is 19.1 Å². The number of hydrogen-bond acceptors (Lipinski definition) is 2. The molecule has 0 saturated carbocycles. The molecule has 0 radical (unpaired) electrons. The Morgan fingerprint density at radius 3 is 2.00 bits per heavy atom. The van der Waals surface area contributed by atoms with Crippen molar-refractivity contribution < 1.29 is 12.7 Å². The van der Waals surface area contributed by atoms with Crippen molar-refractivity contribution in [1.82, 2.24) is 0 Å². The summed E-state index contributed by atoms with van der Waals surface area (Å²) in [5, 5.41) is 0. The van der Waals surface area contributed by atoms with Gasteiger partial charge in [-0.2, -0.15) is 0 Å². The molecule has 0 atom stereocenters. The zero-order chi connectivity index (χ0) is 11.2. The summed E-state index contributed by atoms with van der Waals surface area (Å²) in [6.45, 7) is 2.00. The van der Waals surface area contributed by atoms with Crippen LogP contribution >= 0.6 is 10.7 Å². The Hall–Kier alpha value is -0.363. The molecule has 1 aromatic carbocycles. The van der Waals surface area contributed by atoms with Gasteiger partial charge in [-0.15, -0.1) is 0 Å². The molecule has 3 nitrogen and oxygen atoms in total. The van der Waals surface area contributed by atoms with E-state index < -0.39 is 9.05 Å². The number of hydrogen-bond donors (Lipinski definition) is 0. The van der Waals surface area contributed by atoms with Gasteiger partial charge in [-0.05, 0) is 24.1 Å². The second-order valence-electron chi connectivity index (χ2n) is 2.44. The minimum atomic E-state index is -3.56. The molecule has 0 aliphatic heterocycles. The van der Waals surface area contributed by atoms with Gasteiger partial charge >= 0.3 is 14.3 Å². The molecule has 1 aromatic rings. The summed E-state index contributed by atoms with van der Waals surface area (Å²) in [4.78, 5) is 0.154. The van der Waals surface area contributed by atoms with Crippen molar-refractivity contribution in [2.24, 2.45) is 0 Å². The predicted octanol–water partition coefficient (Wildman–Crippen LogP) is 1.68. The van der Waals surface area contributed by atoms with Crippen molar-refractivity contribution in [2.45, 2.75) is 18.2 Å². The molecule has 76 valence electrons. The van der Waals surface area contributed by atoms with Crippen LogP contribution in [0.3, 0.4) is 0 Å². The molecule has 0 amide bonds. The maximum absolute atomic E-state index is 10.8. The third-order valence-corrected chi connectivity index (χ3v) is 2.98. The maximum atomic E-state index is 10.8. The van der Waals surface area contributed by atoms with Gasteiger partial charge in [0, 0.05) is 10.7 Å². The summed E-state index contributed by atoms with van der Waals surface area (Å²) in [5.41, 5.74) is 1.10. The van der Waals surface area contributed by atoms with Gasteiger partial charge in [0.2, 0.25) is 0 Å². The van der Waals surface area contributed by atoms with E-state index >= 15 is 0 Å². The summed E-state index contributed by atoms with van der Waals surface area (Å²) in [6, 6.07) is 6.55. The average molecular weight is 249 g/mol. The quantitative estimate of drug-likeness (QED) is 0.454. The zero-order valence-electron chi connectivity index (χ0n) is 7.53. The van der Waals surface area contributed by atoms with Crippen LogP contribution in [-0.2, 0) is 19.8 Å². The Morgan fingerprint density at radius 2 is 1.71 bits per heavy atom. The Balaban J connectivity index is 0.000000791. The first-order valence-corrected chi connectivity index (χ1v) is 6.50. The molecule has 0 unspecified atom stereocenters. The summed E-state index contributed by atoms with van der Waals surface area (Å²) < 4.78 is 29.7. The molecular formula is C8H9ClO3SSi. The van der Waals surface area contributed by atoms with Crippen LogP contribution in [0.2, 0.25) is 0 Å². The first-order chi connectivity index (χ1) is 6.54. The molecule has 0 N–H and O–H groups in total. The first-order valence-electron chi connectivity index (χ1n) is 3.78. The number of aryl methyl sites for hydroxylation is 1. The molecule has 0 aliphatic carbocycles. The SMILES string of the molecule is CCc1ccc(S(=O)(=O)Cl)cc1.[O+]#[Si-]. The Bertz CT molecular complexity index is 396. The molecule has 0 spiro atoms. The first kappa shape index (κ1) is 13.6. The van der Waals surface area contributed by atoms with Crippen LogP contribution in [0, 0.1) is 0 Å². The van der Waals surface area contributed by atoms with Crippen LogP contribution in [0.15, 0.2) is 29.2 Å². The molecule has 6 heteroatoms. The average Bonchev–Trinajstić information content (AvgIpc) is 2.20. The Kier molecular flexibility index (Phi) is 6.02. The van der Waals surface area contributed by atoms with E-state index in [4.69, 9.17) is 15.0 Å². The van der Waals surface area contributed by atoms with Crippen LogP contribution in [0.5, 0.6) is 0 Å². The monoisotopic (exact) mass is 248 g/mol. The fourth-order valence-corrected chi connectivity index (χ4v) is 1.66. The standard InChI is InChI=1S/C8H9ClO2S.OSi/c1-2-7-3-5-8(6-4-7)12(9,10)11;1-2/h3-6H,2H2,1H3;. The van der Waals surface area contributed by atoms with E-state index in [1.807, 2.05) is 6.92 Å². The predicted molar refractivity (Wildman–Crippen MR) is 55.3 cm³/mol. The summed E-state index contributed by atoms with van der Waals surface area (Å²) in [6.07, 6.45) is 0.891. The van der Waals surface area contributed by atoms with Crippen molar-refractivity contribution in [1.29, 1.82) is 0 Å². The van der Waals surface area contributed by atoms with Gasteiger partial charge < -0.3 is 0 Å². The molecule has 14 heavy (non-hydrogen) atoms. The number of benzene rings is 1. The third-order valence-electron chi connectivity index (χ3n) is 1.61. The molecule has 0 aromatic heterocycles. The third kappa shape index (κ3) is 4.23. The van der Waals surface area contributed by atoms with Gasteiger partial charge in [0.15, 0.2) is 0 Å². The van der Waals surface area contributed by atoms with E-state index in [1.54, 1.807) is 22.1 Å². The van der Waals surface area contributed by atoms with Crippen LogP contribution in [0.25, 0.3) is 0 Å². The summed E-state index contributed by atoms with van der Waals surface area (Å²) >= 11 is 0. The molecule has 0 fully saturated rings. The van der Waals surface area contributed by atoms with Gasteiger partial charge in [-0.25, -0.2) is 8.42 Å². The van der Waals surface area contributed by atoms with Gasteiger partial charge in [0.1, 0.15) is 0 Å². The number of halogens is 1. The molecule has 1 rings (SSSR count). The van der Waals surface area contributed by atoms with Crippen molar-refractivity contribution in [3.8, 4) is 0 Å². The summed E-state index contributed by atoms with van der Waals surface area (Å²) in [7, 11) is 3.29. The van der Waals surface area contributed by atoms with Crippen LogP contribution in [-0.4, -0.2) is 18.4 Å². The molecular weight excluding hydrogens is 240 g/mol. The van der Waals surface area contributed by atoms with Gasteiger partial charge in [0.05, 0.1) is 4.90 Å². The van der Waals surface area contributed by atoms with Crippen molar-refractivity contribution in [2.75, 3.05) is 0 Å². The molecule has 0 saturated heterocycles. The topological polar surface area (TPSA) is 54.0 Å². The van der Waals surface area contributed by atoms with E-state index in [2.05, 4.69) is 0 Å². The fourth-order valence-electron chi connectivity index (χ4n) is 0.888. The fraction of sp³-hybridized carbons (Fsp3) is 0.250. The van der Waals surface area contributed by atoms with Gasteiger partial charge in [0.25, 0.3) is 9.05 Å². The molecule has 0 aliphatic rings. The second kappa shape index (κ2) is 6.18. The van der Waals surface area contributed by atoms with E-state index in [0.29, 0.717) is 0 Å². The molecule has 0 heterocycles. The van der Waals surface area contributed by atoms with E-state index in [-0.39, 0.29) is 4.90 Å². The Labute approximate surface area is 90.7 Å². The van der Waals surface area contributed by atoms with E-state index in [0.717, 1.165) is 12.0 Å². The van der Waals surface area contributed by atoms with Crippen LogP contribution in [0.1, 0.15) is 12.5 Å². The normalized spacial score (nSPS) is 10.0. The van der Waals surface area contributed by atoms with Crippen LogP contribution < -0.4 is 0 Å². The van der Waals surface area contributed by atoms with Crippen molar-refractivity contribution >= 4 is 29.7 Å². The zero-order valence-corrected chi connectivity index (χ0v) is 10.1. The second-order valence-corrected chi connectivity index (χ2v) is 5.00. The summed E-state index contributed by atoms with van der Waals surface area (Å²) in [5.74, 6) is 0. The van der Waals surface area contributed by atoms with Crippen molar-refractivity contribution in [3.05, 3.63) is 29.8 Å². The van der Waals surface area contributed by atoms with Crippen molar-refractivity contribution in [3.63, 3.8) is 0 Å². The van der Waals surface area contributed by atoms with E-state index in [9.17, 15) is 8.42 Å².